The van der Waals surface area contributed by atoms with E-state index in [1.807, 2.05) is 42.5 Å². The number of non-ortho nitro benzene ring substituents is 1. The number of nitrogens with one attached hydrogen (secondary N) is 1. The van der Waals surface area contributed by atoms with Crippen molar-refractivity contribution >= 4 is 16.6 Å². The molecule has 0 spiro atoms. The molecule has 0 saturated carbocycles. The number of fused-ring (bicyclic) bond motifs is 1. The van der Waals surface area contributed by atoms with Crippen LogP contribution in [0.5, 0.6) is 0 Å². The molecule has 6 heteroatoms. The molecule has 0 saturated heterocycles. The van der Waals surface area contributed by atoms with Crippen LogP contribution in [-0.4, -0.2) is 36.8 Å². The number of methoxy groups -OCH3 is 1. The molecule has 0 aliphatic carbocycles. The number of hydrogen-bond donors (Lipinski definition) is 1. The molecule has 25 heavy (non-hydrogen) atoms. The van der Waals surface area contributed by atoms with Gasteiger partial charge in [0.2, 0.25) is 0 Å². The van der Waals surface area contributed by atoms with Crippen LogP contribution in [0.15, 0.2) is 48.5 Å². The number of nitrogens with zero attached hydrogens (tertiary/aromatic N) is 1. The standard InChI is InChI=1S/C19H20N2O4/c1-24-9-10-25-8-7-14-11-16-13-17(15-5-3-2-4-6-15)20-19(16)18(12-14)21(22)23/h2-6,11-13,20H,7-10H2,1H3. The highest BCUT2D eigenvalue weighted by Crippen LogP contribution is 2.31. The highest BCUT2D eigenvalue weighted by molar-refractivity contribution is 5.93. The topological polar surface area (TPSA) is 77.4 Å². The van der Waals surface area contributed by atoms with Gasteiger partial charge >= 0.3 is 0 Å². The molecule has 2 aromatic carbocycles. The molecule has 0 fully saturated rings. The van der Waals surface area contributed by atoms with Crippen LogP contribution in [-0.2, 0) is 15.9 Å². The Morgan fingerprint density at radius 3 is 2.60 bits per heavy atom. The number of hydrogen-bond acceptors (Lipinski definition) is 4. The number of ether oxygens (including phenoxy) is 2. The molecule has 3 aromatic rings. The summed E-state index contributed by atoms with van der Waals surface area (Å²) in [5.41, 5.74) is 3.39. The normalized spacial score (nSPS) is 11.1. The number of aromatic nitrogens is 1. The summed E-state index contributed by atoms with van der Waals surface area (Å²) in [6.45, 7) is 1.56. The van der Waals surface area contributed by atoms with E-state index in [-0.39, 0.29) is 10.6 Å². The first-order valence-electron chi connectivity index (χ1n) is 8.11. The van der Waals surface area contributed by atoms with Crippen molar-refractivity contribution in [2.24, 2.45) is 0 Å². The third-order valence-electron chi connectivity index (χ3n) is 4.02. The van der Waals surface area contributed by atoms with Gasteiger partial charge in [-0.3, -0.25) is 10.1 Å². The second-order valence-electron chi connectivity index (χ2n) is 5.74. The van der Waals surface area contributed by atoms with Crippen LogP contribution in [0.1, 0.15) is 5.56 Å². The Hall–Kier alpha value is -2.70. The van der Waals surface area contributed by atoms with E-state index in [2.05, 4.69) is 4.98 Å². The first kappa shape index (κ1) is 17.1. The lowest BCUT2D eigenvalue weighted by molar-refractivity contribution is -0.383. The van der Waals surface area contributed by atoms with E-state index in [1.54, 1.807) is 13.2 Å². The molecular weight excluding hydrogens is 320 g/mol. The van der Waals surface area contributed by atoms with E-state index < -0.39 is 0 Å². The van der Waals surface area contributed by atoms with Crippen molar-refractivity contribution in [3.05, 3.63) is 64.2 Å². The van der Waals surface area contributed by atoms with Crippen LogP contribution in [0.4, 0.5) is 5.69 Å². The predicted molar refractivity (Wildman–Crippen MR) is 96.8 cm³/mol. The Morgan fingerprint density at radius 2 is 1.88 bits per heavy atom. The van der Waals surface area contributed by atoms with Gasteiger partial charge in [-0.25, -0.2) is 0 Å². The predicted octanol–water partition coefficient (Wildman–Crippen LogP) is 3.95. The fraction of sp³-hybridized carbons (Fsp3) is 0.263. The zero-order chi connectivity index (χ0) is 17.6. The maximum absolute atomic E-state index is 11.5. The lowest BCUT2D eigenvalue weighted by atomic mass is 10.1. The van der Waals surface area contributed by atoms with Crippen LogP contribution < -0.4 is 0 Å². The fourth-order valence-electron chi connectivity index (χ4n) is 2.78. The van der Waals surface area contributed by atoms with E-state index >= 15 is 0 Å². The maximum atomic E-state index is 11.5. The lowest BCUT2D eigenvalue weighted by Crippen LogP contribution is -2.05. The van der Waals surface area contributed by atoms with E-state index in [9.17, 15) is 10.1 Å². The largest absolute Gasteiger partial charge is 0.382 e. The van der Waals surface area contributed by atoms with Gasteiger partial charge in [-0.2, -0.15) is 0 Å². The summed E-state index contributed by atoms with van der Waals surface area (Å²) in [7, 11) is 1.62. The van der Waals surface area contributed by atoms with E-state index in [0.29, 0.717) is 31.8 Å². The summed E-state index contributed by atoms with van der Waals surface area (Å²) in [4.78, 5) is 14.3. The van der Waals surface area contributed by atoms with Crippen LogP contribution >= 0.6 is 0 Å². The van der Waals surface area contributed by atoms with Crippen molar-refractivity contribution in [2.75, 3.05) is 26.9 Å². The Balaban J connectivity index is 1.89. The summed E-state index contributed by atoms with van der Waals surface area (Å²) in [5.74, 6) is 0. The monoisotopic (exact) mass is 340 g/mol. The molecule has 3 rings (SSSR count). The minimum absolute atomic E-state index is 0.0894. The highest BCUT2D eigenvalue weighted by Gasteiger charge is 2.17. The molecule has 1 aromatic heterocycles. The number of nitro benzene ring substituents is 1. The summed E-state index contributed by atoms with van der Waals surface area (Å²) < 4.78 is 10.4. The van der Waals surface area contributed by atoms with Crippen LogP contribution in [0.2, 0.25) is 0 Å². The fourth-order valence-corrected chi connectivity index (χ4v) is 2.78. The number of benzene rings is 2. The zero-order valence-corrected chi connectivity index (χ0v) is 14.0. The number of nitro groups is 1. The van der Waals surface area contributed by atoms with Crippen LogP contribution in [0.3, 0.4) is 0 Å². The Labute approximate surface area is 145 Å². The molecule has 1 heterocycles. The van der Waals surface area contributed by atoms with Crippen LogP contribution in [0, 0.1) is 10.1 Å². The lowest BCUT2D eigenvalue weighted by Gasteiger charge is -2.04. The van der Waals surface area contributed by atoms with Gasteiger partial charge in [0.25, 0.3) is 5.69 Å². The SMILES string of the molecule is COCCOCCc1cc([N+](=O)[O-])c2[nH]c(-c3ccccc3)cc2c1. The molecule has 0 amide bonds. The van der Waals surface area contributed by atoms with Crippen molar-refractivity contribution in [3.8, 4) is 11.3 Å². The van der Waals surface area contributed by atoms with Gasteiger partial charge in [0, 0.05) is 24.3 Å². The minimum atomic E-state index is -0.344. The Kier molecular flexibility index (Phi) is 5.42. The van der Waals surface area contributed by atoms with E-state index in [0.717, 1.165) is 22.2 Å². The second-order valence-corrected chi connectivity index (χ2v) is 5.74. The van der Waals surface area contributed by atoms with Crippen molar-refractivity contribution in [2.45, 2.75) is 6.42 Å². The van der Waals surface area contributed by atoms with Gasteiger partial charge in [-0.15, -0.1) is 0 Å². The Morgan fingerprint density at radius 1 is 1.08 bits per heavy atom. The average Bonchev–Trinajstić information content (AvgIpc) is 3.05. The summed E-state index contributed by atoms with van der Waals surface area (Å²) >= 11 is 0. The maximum Gasteiger partial charge on any atom is 0.293 e. The van der Waals surface area contributed by atoms with Gasteiger partial charge < -0.3 is 14.5 Å². The molecule has 0 bridgehead atoms. The first-order valence-corrected chi connectivity index (χ1v) is 8.11. The van der Waals surface area contributed by atoms with Crippen molar-refractivity contribution in [3.63, 3.8) is 0 Å². The smallest absolute Gasteiger partial charge is 0.293 e. The van der Waals surface area contributed by atoms with Gasteiger partial charge in [-0.1, -0.05) is 30.3 Å². The zero-order valence-electron chi connectivity index (χ0n) is 14.0. The molecule has 1 N–H and O–H groups in total. The molecular formula is C19H20N2O4. The van der Waals surface area contributed by atoms with Gasteiger partial charge in [-0.05, 0) is 29.7 Å². The van der Waals surface area contributed by atoms with E-state index in [1.165, 1.54) is 0 Å². The quantitative estimate of drug-likeness (QED) is 0.383. The first-order chi connectivity index (χ1) is 12.2. The van der Waals surface area contributed by atoms with Crippen molar-refractivity contribution in [1.82, 2.24) is 4.98 Å². The minimum Gasteiger partial charge on any atom is -0.382 e. The Bertz CT molecular complexity index is 858. The molecule has 0 radical (unpaired) electrons. The third kappa shape index (κ3) is 4.04. The van der Waals surface area contributed by atoms with Crippen molar-refractivity contribution < 1.29 is 14.4 Å². The number of aromatic amines is 1. The molecule has 0 aliphatic heterocycles. The van der Waals surface area contributed by atoms with Crippen molar-refractivity contribution in [1.29, 1.82) is 0 Å². The number of rotatable bonds is 8. The number of H-pyrrole nitrogens is 1. The van der Waals surface area contributed by atoms with Gasteiger partial charge in [0.1, 0.15) is 5.52 Å². The van der Waals surface area contributed by atoms with Gasteiger partial charge in [0.05, 0.1) is 24.7 Å². The summed E-state index contributed by atoms with van der Waals surface area (Å²) in [6.07, 6.45) is 0.617. The third-order valence-corrected chi connectivity index (χ3v) is 4.02. The summed E-state index contributed by atoms with van der Waals surface area (Å²) in [6, 6.07) is 15.3. The molecule has 0 aliphatic rings. The average molecular weight is 340 g/mol. The molecule has 130 valence electrons. The molecule has 0 atom stereocenters. The summed E-state index contributed by atoms with van der Waals surface area (Å²) in [5, 5.41) is 12.3. The highest BCUT2D eigenvalue weighted by atomic mass is 16.6. The van der Waals surface area contributed by atoms with E-state index in [4.69, 9.17) is 9.47 Å². The van der Waals surface area contributed by atoms with Gasteiger partial charge in [0.15, 0.2) is 0 Å². The molecule has 0 unspecified atom stereocenters. The molecule has 6 nitrogen and oxygen atoms in total. The second kappa shape index (κ2) is 7.92. The van der Waals surface area contributed by atoms with Crippen LogP contribution in [0.25, 0.3) is 22.2 Å².